The largest absolute Gasteiger partial charge is 0.366 e. The van der Waals surface area contributed by atoms with Crippen LogP contribution < -0.4 is 11.1 Å². The van der Waals surface area contributed by atoms with Gasteiger partial charge in [-0.15, -0.1) is 0 Å². The second-order valence-corrected chi connectivity index (χ2v) is 6.31. The van der Waals surface area contributed by atoms with Gasteiger partial charge in [0.1, 0.15) is 0 Å². The van der Waals surface area contributed by atoms with E-state index in [1.165, 1.54) is 0 Å². The Labute approximate surface area is 113 Å². The van der Waals surface area contributed by atoms with E-state index in [4.69, 9.17) is 5.73 Å². The zero-order chi connectivity index (χ0) is 14.4. The molecule has 0 radical (unpaired) electrons. The van der Waals surface area contributed by atoms with E-state index in [9.17, 15) is 9.59 Å². The molecule has 0 unspecified atom stereocenters. The topological polar surface area (TPSA) is 72.2 Å². The lowest BCUT2D eigenvalue weighted by Gasteiger charge is -2.06. The summed E-state index contributed by atoms with van der Waals surface area (Å²) in [4.78, 5) is 23.2. The Bertz CT molecular complexity index is 516. The highest BCUT2D eigenvalue weighted by molar-refractivity contribution is 5.97. The molecule has 19 heavy (non-hydrogen) atoms. The summed E-state index contributed by atoms with van der Waals surface area (Å²) >= 11 is 0. The van der Waals surface area contributed by atoms with E-state index in [0.29, 0.717) is 11.3 Å². The van der Waals surface area contributed by atoms with Crippen molar-refractivity contribution < 1.29 is 9.59 Å². The molecule has 0 aromatic heterocycles. The van der Waals surface area contributed by atoms with Crippen LogP contribution in [0.25, 0.3) is 0 Å². The summed E-state index contributed by atoms with van der Waals surface area (Å²) in [5.41, 5.74) is 6.33. The minimum absolute atomic E-state index is 0.0100. The molecule has 3 N–H and O–H groups in total. The first kappa shape index (κ1) is 13.6. The van der Waals surface area contributed by atoms with E-state index in [1.807, 2.05) is 0 Å². The predicted molar refractivity (Wildman–Crippen MR) is 74.6 cm³/mol. The summed E-state index contributed by atoms with van der Waals surface area (Å²) in [5.74, 6) is -0.431. The molecule has 0 bridgehead atoms. The lowest BCUT2D eigenvalue weighted by molar-refractivity contribution is -0.118. The maximum Gasteiger partial charge on any atom is 0.248 e. The van der Waals surface area contributed by atoms with Gasteiger partial charge in [0.15, 0.2) is 0 Å². The Kier molecular flexibility index (Phi) is 2.92. The highest BCUT2D eigenvalue weighted by Gasteiger charge is 2.68. The van der Waals surface area contributed by atoms with Crippen molar-refractivity contribution in [2.75, 3.05) is 5.32 Å². The number of amides is 2. The summed E-state index contributed by atoms with van der Waals surface area (Å²) < 4.78 is 0. The average Bonchev–Trinajstić information content (AvgIpc) is 2.69. The Morgan fingerprint density at radius 3 is 1.89 bits per heavy atom. The Hall–Kier alpha value is -1.84. The number of anilines is 1. The van der Waals surface area contributed by atoms with Crippen LogP contribution in [-0.4, -0.2) is 11.8 Å². The number of hydrogen-bond acceptors (Lipinski definition) is 2. The van der Waals surface area contributed by atoms with Crippen LogP contribution in [0.5, 0.6) is 0 Å². The molecule has 4 heteroatoms. The van der Waals surface area contributed by atoms with Crippen molar-refractivity contribution in [3.8, 4) is 0 Å². The van der Waals surface area contributed by atoms with Crippen LogP contribution in [-0.2, 0) is 4.79 Å². The average molecular weight is 260 g/mol. The van der Waals surface area contributed by atoms with Crippen LogP contribution in [0.15, 0.2) is 24.3 Å². The molecule has 0 aliphatic heterocycles. The third-order valence-corrected chi connectivity index (χ3v) is 4.72. The molecule has 1 saturated carbocycles. The lowest BCUT2D eigenvalue weighted by Crippen LogP contribution is -2.18. The SMILES string of the molecule is CC1(C)C(C(=O)Nc2ccc(C(N)=O)cc2)C1(C)C. The molecule has 0 heterocycles. The Morgan fingerprint density at radius 2 is 1.53 bits per heavy atom. The van der Waals surface area contributed by atoms with Crippen LogP contribution in [0.1, 0.15) is 38.1 Å². The molecule has 2 amide bonds. The quantitative estimate of drug-likeness (QED) is 0.876. The van der Waals surface area contributed by atoms with E-state index in [0.717, 1.165) is 0 Å². The third-order valence-electron chi connectivity index (χ3n) is 4.72. The van der Waals surface area contributed by atoms with Crippen LogP contribution in [0.2, 0.25) is 0 Å². The molecule has 1 fully saturated rings. The molecule has 0 saturated heterocycles. The van der Waals surface area contributed by atoms with Crippen LogP contribution in [0, 0.1) is 16.7 Å². The fourth-order valence-corrected chi connectivity index (χ4v) is 2.78. The summed E-state index contributed by atoms with van der Waals surface area (Å²) in [5, 5.41) is 2.89. The van der Waals surface area contributed by atoms with E-state index in [-0.39, 0.29) is 22.7 Å². The molecule has 1 aliphatic rings. The van der Waals surface area contributed by atoms with Gasteiger partial charge in [-0.05, 0) is 35.1 Å². The number of nitrogens with one attached hydrogen (secondary N) is 1. The van der Waals surface area contributed by atoms with Crippen LogP contribution >= 0.6 is 0 Å². The van der Waals surface area contributed by atoms with Gasteiger partial charge in [0.25, 0.3) is 0 Å². The molecule has 0 spiro atoms. The molecule has 102 valence electrons. The van der Waals surface area contributed by atoms with Crippen molar-refractivity contribution in [3.05, 3.63) is 29.8 Å². The fourth-order valence-electron chi connectivity index (χ4n) is 2.78. The summed E-state index contributed by atoms with van der Waals surface area (Å²) in [6.45, 7) is 8.42. The minimum atomic E-state index is -0.470. The minimum Gasteiger partial charge on any atom is -0.366 e. The van der Waals surface area contributed by atoms with Crippen molar-refractivity contribution >= 4 is 17.5 Å². The normalized spacial score (nSPS) is 19.8. The zero-order valence-corrected chi connectivity index (χ0v) is 11.8. The number of carbonyl (C=O) groups is 2. The first-order chi connectivity index (χ1) is 8.68. The molecule has 0 atom stereocenters. The fraction of sp³-hybridized carbons (Fsp3) is 0.467. The van der Waals surface area contributed by atoms with Gasteiger partial charge in [0.2, 0.25) is 11.8 Å². The number of carbonyl (C=O) groups excluding carboxylic acids is 2. The Morgan fingerprint density at radius 1 is 1.05 bits per heavy atom. The van der Waals surface area contributed by atoms with E-state index in [1.54, 1.807) is 24.3 Å². The van der Waals surface area contributed by atoms with Gasteiger partial charge in [0, 0.05) is 17.2 Å². The number of hydrogen-bond donors (Lipinski definition) is 2. The standard InChI is InChI=1S/C15H20N2O2/c1-14(2)11(15(14,3)4)13(19)17-10-7-5-9(6-8-10)12(16)18/h5-8,11H,1-4H3,(H2,16,18)(H,17,19). The van der Waals surface area contributed by atoms with Crippen molar-refractivity contribution in [3.63, 3.8) is 0 Å². The van der Waals surface area contributed by atoms with Crippen molar-refractivity contribution in [2.45, 2.75) is 27.7 Å². The number of benzene rings is 1. The second-order valence-electron chi connectivity index (χ2n) is 6.31. The van der Waals surface area contributed by atoms with Gasteiger partial charge in [-0.2, -0.15) is 0 Å². The smallest absolute Gasteiger partial charge is 0.248 e. The van der Waals surface area contributed by atoms with E-state index < -0.39 is 5.91 Å². The molecular weight excluding hydrogens is 240 g/mol. The number of nitrogens with two attached hydrogens (primary N) is 1. The highest BCUT2D eigenvalue weighted by atomic mass is 16.2. The van der Waals surface area contributed by atoms with Gasteiger partial charge >= 0.3 is 0 Å². The van der Waals surface area contributed by atoms with Crippen LogP contribution in [0.3, 0.4) is 0 Å². The summed E-state index contributed by atoms with van der Waals surface area (Å²) in [6.07, 6.45) is 0. The monoisotopic (exact) mass is 260 g/mol. The lowest BCUT2D eigenvalue weighted by atomic mass is 10.0. The van der Waals surface area contributed by atoms with Crippen molar-refractivity contribution in [1.82, 2.24) is 0 Å². The summed E-state index contributed by atoms with van der Waals surface area (Å²) in [6, 6.07) is 6.61. The predicted octanol–water partition coefficient (Wildman–Crippen LogP) is 2.41. The second kappa shape index (κ2) is 4.08. The summed E-state index contributed by atoms with van der Waals surface area (Å²) in [7, 11) is 0. The molecule has 2 rings (SSSR count). The zero-order valence-electron chi connectivity index (χ0n) is 11.8. The van der Waals surface area contributed by atoms with Gasteiger partial charge in [0.05, 0.1) is 0 Å². The molecular formula is C15H20N2O2. The maximum atomic E-state index is 12.2. The van der Waals surface area contributed by atoms with Crippen LogP contribution in [0.4, 0.5) is 5.69 Å². The van der Waals surface area contributed by atoms with Crippen molar-refractivity contribution in [2.24, 2.45) is 22.5 Å². The number of rotatable bonds is 3. The maximum absolute atomic E-state index is 12.2. The van der Waals surface area contributed by atoms with Gasteiger partial charge < -0.3 is 11.1 Å². The van der Waals surface area contributed by atoms with Gasteiger partial charge in [-0.25, -0.2) is 0 Å². The van der Waals surface area contributed by atoms with E-state index in [2.05, 4.69) is 33.0 Å². The molecule has 4 nitrogen and oxygen atoms in total. The molecule has 1 aliphatic carbocycles. The van der Waals surface area contributed by atoms with Gasteiger partial charge in [-0.3, -0.25) is 9.59 Å². The highest BCUT2D eigenvalue weighted by Crippen LogP contribution is 2.68. The van der Waals surface area contributed by atoms with E-state index >= 15 is 0 Å². The molecule has 1 aromatic rings. The Balaban J connectivity index is 2.07. The number of primary amides is 1. The van der Waals surface area contributed by atoms with Crippen molar-refractivity contribution in [1.29, 1.82) is 0 Å². The molecule has 1 aromatic carbocycles. The van der Waals surface area contributed by atoms with Gasteiger partial charge in [-0.1, -0.05) is 27.7 Å². The third kappa shape index (κ3) is 2.11. The first-order valence-corrected chi connectivity index (χ1v) is 6.38. The first-order valence-electron chi connectivity index (χ1n) is 6.38.